The summed E-state index contributed by atoms with van der Waals surface area (Å²) in [6.45, 7) is 4.01. The van der Waals surface area contributed by atoms with Gasteiger partial charge in [0.05, 0.1) is 12.6 Å². The second-order valence-electron chi connectivity index (χ2n) is 4.34. The van der Waals surface area contributed by atoms with E-state index in [2.05, 4.69) is 10.3 Å². The molecule has 19 heavy (non-hydrogen) atoms. The zero-order valence-corrected chi connectivity index (χ0v) is 11.7. The van der Waals surface area contributed by atoms with Crippen molar-refractivity contribution in [1.29, 1.82) is 0 Å². The van der Waals surface area contributed by atoms with Crippen LogP contribution in [0.1, 0.15) is 31.2 Å². The number of carbonyl (C=O) groups is 2. The number of hydrogen-bond acceptors (Lipinski definition) is 4. The molecule has 102 valence electrons. The smallest absolute Gasteiger partial charge is 0.341 e. The Morgan fingerprint density at radius 3 is 3.00 bits per heavy atom. The molecule has 2 rings (SSSR count). The van der Waals surface area contributed by atoms with Crippen LogP contribution in [0.5, 0.6) is 0 Å². The van der Waals surface area contributed by atoms with Crippen LogP contribution in [0, 0.1) is 5.92 Å². The van der Waals surface area contributed by atoms with Crippen LogP contribution in [0.15, 0.2) is 22.5 Å². The van der Waals surface area contributed by atoms with Crippen LogP contribution >= 0.6 is 11.3 Å². The van der Waals surface area contributed by atoms with Crippen molar-refractivity contribution in [2.24, 2.45) is 10.9 Å². The van der Waals surface area contributed by atoms with Gasteiger partial charge in [0.2, 0.25) is 0 Å². The first-order chi connectivity index (χ1) is 9.13. The highest BCUT2D eigenvalue weighted by atomic mass is 32.1. The summed E-state index contributed by atoms with van der Waals surface area (Å²) in [5.41, 5.74) is 0.503. The van der Waals surface area contributed by atoms with Crippen LogP contribution in [0.3, 0.4) is 0 Å². The van der Waals surface area contributed by atoms with Crippen LogP contribution in [-0.2, 0) is 9.53 Å². The van der Waals surface area contributed by atoms with Crippen LogP contribution in [0.25, 0.3) is 0 Å². The molecular weight excluding hydrogens is 264 g/mol. The Morgan fingerprint density at radius 2 is 2.37 bits per heavy atom. The number of ether oxygens (including phenoxy) is 1. The third-order valence-electron chi connectivity index (χ3n) is 2.89. The van der Waals surface area contributed by atoms with Gasteiger partial charge in [0.15, 0.2) is 0 Å². The van der Waals surface area contributed by atoms with Gasteiger partial charge in [-0.15, -0.1) is 11.3 Å². The van der Waals surface area contributed by atoms with E-state index in [4.69, 9.17) is 4.74 Å². The number of esters is 1. The number of hydrogen-bond donors (Lipinski definition) is 1. The third kappa shape index (κ3) is 3.01. The van der Waals surface area contributed by atoms with Crippen molar-refractivity contribution < 1.29 is 14.3 Å². The molecule has 1 aliphatic heterocycles. The number of rotatable bonds is 4. The molecule has 2 atom stereocenters. The number of aliphatic imine (C=N–C) groups is 1. The Balaban J connectivity index is 2.26. The van der Waals surface area contributed by atoms with Crippen molar-refractivity contribution in [3.63, 3.8) is 0 Å². The van der Waals surface area contributed by atoms with Gasteiger partial charge in [0.25, 0.3) is 0 Å². The third-order valence-corrected chi connectivity index (χ3v) is 3.85. The largest absolute Gasteiger partial charge is 0.465 e. The van der Waals surface area contributed by atoms with Gasteiger partial charge in [0.1, 0.15) is 5.92 Å². The summed E-state index contributed by atoms with van der Waals surface area (Å²) in [5, 5.41) is 4.65. The number of thiophene rings is 1. The second kappa shape index (κ2) is 5.97. The lowest BCUT2D eigenvalue weighted by atomic mass is 9.92. The number of nitrogens with one attached hydrogen (secondary N) is 1. The molecule has 2 unspecified atom stereocenters. The van der Waals surface area contributed by atoms with Gasteiger partial charge in [-0.05, 0) is 24.8 Å². The van der Waals surface area contributed by atoms with Crippen molar-refractivity contribution in [3.8, 4) is 0 Å². The monoisotopic (exact) mass is 280 g/mol. The van der Waals surface area contributed by atoms with Crippen LogP contribution in [0.2, 0.25) is 0 Å². The standard InChI is InChI=1S/C13H16N2O3S/c1-3-6-18-12(16)10-8(2)14-13(17)15-11(10)9-5-4-7-19-9/h4-5,7,10-11H,3,6H2,1-2H3,(H,15,17). The number of nitrogens with zero attached hydrogens (tertiary/aromatic N) is 1. The molecule has 2 amide bonds. The average Bonchev–Trinajstić information content (AvgIpc) is 2.88. The maximum Gasteiger partial charge on any atom is 0.341 e. The summed E-state index contributed by atoms with van der Waals surface area (Å²) in [6, 6.07) is 3.00. The van der Waals surface area contributed by atoms with Gasteiger partial charge in [-0.1, -0.05) is 13.0 Å². The first-order valence-corrected chi connectivity index (χ1v) is 7.07. The molecule has 0 radical (unpaired) electrons. The normalized spacial score (nSPS) is 22.6. The van der Waals surface area contributed by atoms with Gasteiger partial charge in [-0.3, -0.25) is 4.79 Å². The molecule has 0 aromatic carbocycles. The summed E-state index contributed by atoms with van der Waals surface area (Å²) in [5.74, 6) is -0.871. The van der Waals surface area contributed by atoms with E-state index in [1.165, 1.54) is 11.3 Å². The molecular formula is C13H16N2O3S. The van der Waals surface area contributed by atoms with Gasteiger partial charge in [-0.25, -0.2) is 9.79 Å². The Hall–Kier alpha value is -1.69. The van der Waals surface area contributed by atoms with Crippen LogP contribution in [0.4, 0.5) is 4.79 Å². The molecule has 0 spiro atoms. The van der Waals surface area contributed by atoms with Crippen LogP contribution in [-0.4, -0.2) is 24.3 Å². The number of urea groups is 1. The lowest BCUT2D eigenvalue weighted by Gasteiger charge is -2.28. The SMILES string of the molecule is CCCOC(=O)C1C(C)=NC(=O)NC1c1cccs1. The highest BCUT2D eigenvalue weighted by Crippen LogP contribution is 2.30. The van der Waals surface area contributed by atoms with E-state index >= 15 is 0 Å². The fourth-order valence-electron chi connectivity index (χ4n) is 2.02. The minimum atomic E-state index is -0.539. The zero-order valence-electron chi connectivity index (χ0n) is 10.9. The summed E-state index contributed by atoms with van der Waals surface area (Å²) >= 11 is 1.50. The van der Waals surface area contributed by atoms with Crippen molar-refractivity contribution in [1.82, 2.24) is 5.32 Å². The number of amides is 2. The van der Waals surface area contributed by atoms with Crippen molar-refractivity contribution in [3.05, 3.63) is 22.4 Å². The van der Waals surface area contributed by atoms with Crippen molar-refractivity contribution >= 4 is 29.0 Å². The van der Waals surface area contributed by atoms with E-state index in [1.807, 2.05) is 24.4 Å². The predicted octanol–water partition coefficient (Wildman–Crippen LogP) is 2.54. The highest BCUT2D eigenvalue weighted by molar-refractivity contribution is 7.10. The van der Waals surface area contributed by atoms with Gasteiger partial charge in [0, 0.05) is 10.6 Å². The minimum absolute atomic E-state index is 0.332. The fraction of sp³-hybridized carbons (Fsp3) is 0.462. The first-order valence-electron chi connectivity index (χ1n) is 6.19. The Kier molecular flexibility index (Phi) is 4.31. The van der Waals surface area contributed by atoms with Gasteiger partial charge in [-0.2, -0.15) is 0 Å². The topological polar surface area (TPSA) is 67.8 Å². The maximum atomic E-state index is 12.1. The highest BCUT2D eigenvalue weighted by Gasteiger charge is 2.38. The van der Waals surface area contributed by atoms with Crippen LogP contribution < -0.4 is 5.32 Å². The van der Waals surface area contributed by atoms with E-state index in [1.54, 1.807) is 6.92 Å². The fourth-order valence-corrected chi connectivity index (χ4v) is 2.84. The lowest BCUT2D eigenvalue weighted by Crippen LogP contribution is -2.44. The van der Waals surface area contributed by atoms with Crippen molar-refractivity contribution in [2.45, 2.75) is 26.3 Å². The van der Waals surface area contributed by atoms with E-state index in [0.717, 1.165) is 11.3 Å². The predicted molar refractivity (Wildman–Crippen MR) is 73.4 cm³/mol. The second-order valence-corrected chi connectivity index (χ2v) is 5.32. The summed E-state index contributed by atoms with van der Waals surface area (Å²) in [4.78, 5) is 28.4. The summed E-state index contributed by atoms with van der Waals surface area (Å²) in [6.07, 6.45) is 0.769. The van der Waals surface area contributed by atoms with Gasteiger partial charge < -0.3 is 10.1 Å². The van der Waals surface area contributed by atoms with E-state index in [9.17, 15) is 9.59 Å². The zero-order chi connectivity index (χ0) is 13.8. The maximum absolute atomic E-state index is 12.1. The molecule has 0 saturated carbocycles. The molecule has 0 saturated heterocycles. The molecule has 5 nitrogen and oxygen atoms in total. The molecule has 1 aromatic rings. The molecule has 0 fully saturated rings. The molecule has 1 aliphatic rings. The molecule has 1 N–H and O–H groups in total. The molecule has 0 bridgehead atoms. The first kappa shape index (κ1) is 13.7. The lowest BCUT2D eigenvalue weighted by molar-refractivity contribution is -0.147. The number of carbonyl (C=O) groups excluding carboxylic acids is 2. The van der Waals surface area contributed by atoms with E-state index in [0.29, 0.717) is 12.3 Å². The van der Waals surface area contributed by atoms with Crippen molar-refractivity contribution in [2.75, 3.05) is 6.61 Å². The van der Waals surface area contributed by atoms with Gasteiger partial charge >= 0.3 is 12.0 Å². The van der Waals surface area contributed by atoms with E-state index < -0.39 is 11.9 Å². The summed E-state index contributed by atoms with van der Waals surface area (Å²) < 4.78 is 5.20. The Bertz CT molecular complexity index is 496. The minimum Gasteiger partial charge on any atom is -0.465 e. The Labute approximate surface area is 115 Å². The molecule has 0 aliphatic carbocycles. The van der Waals surface area contributed by atoms with E-state index in [-0.39, 0.29) is 12.0 Å². The molecule has 6 heteroatoms. The molecule has 2 heterocycles. The quantitative estimate of drug-likeness (QED) is 0.862. The molecule has 1 aromatic heterocycles. The summed E-state index contributed by atoms with van der Waals surface area (Å²) in [7, 11) is 0. The average molecular weight is 280 g/mol. The Morgan fingerprint density at radius 1 is 1.58 bits per heavy atom.